The summed E-state index contributed by atoms with van der Waals surface area (Å²) >= 11 is 3.41. The SMILES string of the molecule is C[C@H]1C2Cc3ccc(C(=O)NCCc4ccc(Br)cn4)cc3[C@@]1(C)CCN2CC1CC1. The lowest BCUT2D eigenvalue weighted by atomic mass is 9.59. The van der Waals surface area contributed by atoms with Gasteiger partial charge in [0.1, 0.15) is 0 Å². The van der Waals surface area contributed by atoms with E-state index in [9.17, 15) is 4.79 Å². The summed E-state index contributed by atoms with van der Waals surface area (Å²) in [5.41, 5.74) is 4.79. The summed E-state index contributed by atoms with van der Waals surface area (Å²) < 4.78 is 0.970. The van der Waals surface area contributed by atoms with Crippen LogP contribution in [0, 0.1) is 11.8 Å². The maximum Gasteiger partial charge on any atom is 0.251 e. The number of likely N-dealkylation sites (tertiary alicyclic amines) is 1. The largest absolute Gasteiger partial charge is 0.352 e. The van der Waals surface area contributed by atoms with Crippen molar-refractivity contribution in [3.63, 3.8) is 0 Å². The molecule has 5 heteroatoms. The van der Waals surface area contributed by atoms with Gasteiger partial charge in [-0.05, 0) is 101 Å². The highest BCUT2D eigenvalue weighted by Gasteiger charge is 2.49. The first-order chi connectivity index (χ1) is 14.9. The van der Waals surface area contributed by atoms with Gasteiger partial charge in [0.15, 0.2) is 0 Å². The number of nitrogens with one attached hydrogen (secondary N) is 1. The summed E-state index contributed by atoms with van der Waals surface area (Å²) in [5, 5.41) is 3.08. The number of carbonyl (C=O) groups is 1. The molecule has 3 aliphatic rings. The molecular formula is C26H32BrN3O. The molecule has 2 bridgehead atoms. The average Bonchev–Trinajstić information content (AvgIpc) is 3.58. The molecule has 164 valence electrons. The second-order valence-corrected chi connectivity index (χ2v) is 10.9. The van der Waals surface area contributed by atoms with E-state index in [2.05, 4.69) is 57.1 Å². The minimum atomic E-state index is 0.0180. The predicted molar refractivity (Wildman–Crippen MR) is 127 cm³/mol. The van der Waals surface area contributed by atoms with Gasteiger partial charge in [0.25, 0.3) is 5.91 Å². The van der Waals surface area contributed by atoms with Crippen LogP contribution in [0.4, 0.5) is 0 Å². The number of pyridine rings is 1. The van der Waals surface area contributed by atoms with Crippen LogP contribution < -0.4 is 5.32 Å². The minimum absolute atomic E-state index is 0.0180. The van der Waals surface area contributed by atoms with Gasteiger partial charge in [0, 0.05) is 47.5 Å². The summed E-state index contributed by atoms with van der Waals surface area (Å²) in [4.78, 5) is 20.0. The van der Waals surface area contributed by atoms with Crippen LogP contribution in [0.25, 0.3) is 0 Å². The highest BCUT2D eigenvalue weighted by atomic mass is 79.9. The van der Waals surface area contributed by atoms with Crippen LogP contribution in [0.3, 0.4) is 0 Å². The lowest BCUT2D eigenvalue weighted by Crippen LogP contribution is -2.58. The normalized spacial score (nSPS) is 27.6. The Hall–Kier alpha value is -1.72. The molecule has 1 aromatic heterocycles. The lowest BCUT2D eigenvalue weighted by Gasteiger charge is -2.55. The third-order valence-corrected chi connectivity index (χ3v) is 8.50. The molecule has 1 aromatic carbocycles. The molecule has 1 amide bonds. The molecule has 31 heavy (non-hydrogen) atoms. The van der Waals surface area contributed by atoms with Crippen molar-refractivity contribution in [3.8, 4) is 0 Å². The average molecular weight is 482 g/mol. The van der Waals surface area contributed by atoms with Crippen LogP contribution in [0.5, 0.6) is 0 Å². The molecule has 4 nitrogen and oxygen atoms in total. The molecule has 2 heterocycles. The molecule has 1 saturated carbocycles. The van der Waals surface area contributed by atoms with Crippen LogP contribution in [0.15, 0.2) is 41.0 Å². The van der Waals surface area contributed by atoms with Gasteiger partial charge in [-0.2, -0.15) is 0 Å². The van der Waals surface area contributed by atoms with Gasteiger partial charge in [-0.15, -0.1) is 0 Å². The van der Waals surface area contributed by atoms with E-state index in [0.717, 1.165) is 34.5 Å². The van der Waals surface area contributed by atoms with Crippen molar-refractivity contribution in [1.29, 1.82) is 0 Å². The van der Waals surface area contributed by atoms with E-state index in [1.165, 1.54) is 43.5 Å². The van der Waals surface area contributed by atoms with Gasteiger partial charge in [-0.3, -0.25) is 14.7 Å². The van der Waals surface area contributed by atoms with E-state index in [1.54, 1.807) is 6.20 Å². The van der Waals surface area contributed by atoms with Crippen LogP contribution in [0.2, 0.25) is 0 Å². The van der Waals surface area contributed by atoms with Crippen molar-refractivity contribution in [2.24, 2.45) is 11.8 Å². The Morgan fingerprint density at radius 2 is 2.13 bits per heavy atom. The maximum atomic E-state index is 12.9. The zero-order valence-electron chi connectivity index (χ0n) is 18.5. The molecule has 5 rings (SSSR count). The number of rotatable bonds is 6. The quantitative estimate of drug-likeness (QED) is 0.647. The smallest absolute Gasteiger partial charge is 0.251 e. The standard InChI is InChI=1S/C26H32BrN3O/c1-17-24-14-19-5-6-20(25(31)28-11-9-22-8-7-21(27)15-29-22)13-23(19)26(17,2)10-12-30(24)16-18-3-4-18/h5-8,13,15,17-18,24H,3-4,9-12,14,16H2,1-2H3,(H,28,31)/t17-,24?,26-/m0/s1. The summed E-state index contributed by atoms with van der Waals surface area (Å²) in [6.45, 7) is 7.94. The van der Waals surface area contributed by atoms with Crippen molar-refractivity contribution < 1.29 is 4.79 Å². The predicted octanol–water partition coefficient (Wildman–Crippen LogP) is 4.75. The monoisotopic (exact) mass is 481 g/mol. The fourth-order valence-corrected chi connectivity index (χ4v) is 5.90. The number of carbonyl (C=O) groups excluding carboxylic acids is 1. The van der Waals surface area contributed by atoms with Gasteiger partial charge >= 0.3 is 0 Å². The summed E-state index contributed by atoms with van der Waals surface area (Å²) in [6, 6.07) is 11.0. The molecular weight excluding hydrogens is 450 g/mol. The summed E-state index contributed by atoms with van der Waals surface area (Å²) in [6.07, 6.45) is 7.67. The van der Waals surface area contributed by atoms with E-state index in [4.69, 9.17) is 0 Å². The minimum Gasteiger partial charge on any atom is -0.352 e. The van der Waals surface area contributed by atoms with E-state index in [0.29, 0.717) is 18.5 Å². The molecule has 0 spiro atoms. The van der Waals surface area contributed by atoms with E-state index < -0.39 is 0 Å². The number of hydrogen-bond acceptors (Lipinski definition) is 3. The van der Waals surface area contributed by atoms with Crippen LogP contribution in [-0.4, -0.2) is 41.5 Å². The number of nitrogens with zero attached hydrogens (tertiary/aromatic N) is 2. The number of fused-ring (bicyclic) bond motifs is 4. The molecule has 2 aliphatic carbocycles. The Kier molecular flexibility index (Phi) is 5.68. The number of hydrogen-bond donors (Lipinski definition) is 1. The molecule has 2 fully saturated rings. The Morgan fingerprint density at radius 3 is 2.87 bits per heavy atom. The molecule has 2 aromatic rings. The van der Waals surface area contributed by atoms with Gasteiger partial charge in [-0.25, -0.2) is 0 Å². The Bertz CT molecular complexity index is 971. The van der Waals surface area contributed by atoms with Crippen LogP contribution in [-0.2, 0) is 18.3 Å². The first kappa shape index (κ1) is 21.1. The van der Waals surface area contributed by atoms with E-state index in [-0.39, 0.29) is 11.3 Å². The van der Waals surface area contributed by atoms with E-state index in [1.807, 2.05) is 18.2 Å². The van der Waals surface area contributed by atoms with Gasteiger partial charge in [0.2, 0.25) is 0 Å². The maximum absolute atomic E-state index is 12.9. The Balaban J connectivity index is 1.28. The van der Waals surface area contributed by atoms with E-state index >= 15 is 0 Å². The van der Waals surface area contributed by atoms with Crippen molar-refractivity contribution >= 4 is 21.8 Å². The lowest BCUT2D eigenvalue weighted by molar-refractivity contribution is 0.0284. The molecule has 3 atom stereocenters. The van der Waals surface area contributed by atoms with Crippen LogP contribution in [0.1, 0.15) is 60.3 Å². The fourth-order valence-electron chi connectivity index (χ4n) is 5.67. The van der Waals surface area contributed by atoms with Crippen LogP contribution >= 0.6 is 15.9 Å². The van der Waals surface area contributed by atoms with Gasteiger partial charge in [-0.1, -0.05) is 19.9 Å². The van der Waals surface area contributed by atoms with Crippen molar-refractivity contribution in [1.82, 2.24) is 15.2 Å². The summed E-state index contributed by atoms with van der Waals surface area (Å²) in [5.74, 6) is 1.58. The molecule has 1 aliphatic heterocycles. The highest BCUT2D eigenvalue weighted by Crippen LogP contribution is 2.49. The third-order valence-electron chi connectivity index (χ3n) is 8.03. The topological polar surface area (TPSA) is 45.2 Å². The number of benzene rings is 1. The summed E-state index contributed by atoms with van der Waals surface area (Å²) in [7, 11) is 0. The number of amides is 1. The first-order valence-corrected chi connectivity index (χ1v) is 12.5. The van der Waals surface area contributed by atoms with Gasteiger partial charge < -0.3 is 5.32 Å². The Morgan fingerprint density at radius 1 is 1.29 bits per heavy atom. The molecule has 1 saturated heterocycles. The van der Waals surface area contributed by atoms with Crippen molar-refractivity contribution in [2.75, 3.05) is 19.6 Å². The zero-order valence-corrected chi connectivity index (χ0v) is 20.1. The number of aromatic nitrogens is 1. The second kappa shape index (κ2) is 8.32. The van der Waals surface area contributed by atoms with Crippen molar-refractivity contribution in [3.05, 3.63) is 63.4 Å². The van der Waals surface area contributed by atoms with Gasteiger partial charge in [0.05, 0.1) is 0 Å². The zero-order chi connectivity index (χ0) is 21.6. The van der Waals surface area contributed by atoms with Crippen molar-refractivity contribution in [2.45, 2.75) is 57.4 Å². The number of halogens is 1. The molecule has 1 N–H and O–H groups in total. The fraction of sp³-hybridized carbons (Fsp3) is 0.538. The highest BCUT2D eigenvalue weighted by molar-refractivity contribution is 9.10. The molecule has 1 unspecified atom stereocenters. The third kappa shape index (κ3) is 4.19. The number of piperidine rings is 1. The first-order valence-electron chi connectivity index (χ1n) is 11.7. The molecule has 0 radical (unpaired) electrons. The second-order valence-electron chi connectivity index (χ2n) is 10.0. The Labute approximate surface area is 194 Å².